The number of aromatic nitrogens is 3. The Labute approximate surface area is 64.9 Å². The molecule has 60 valence electrons. The van der Waals surface area contributed by atoms with Gasteiger partial charge < -0.3 is 9.67 Å². The van der Waals surface area contributed by atoms with Crippen molar-refractivity contribution in [3.05, 3.63) is 12.2 Å². The van der Waals surface area contributed by atoms with Crippen molar-refractivity contribution in [1.82, 2.24) is 14.8 Å². The summed E-state index contributed by atoms with van der Waals surface area (Å²) < 4.78 is 1.91. The fraction of sp³-hybridized carbons (Fsp3) is 0.714. The smallest absolute Gasteiger partial charge is 0.135 e. The standard InChI is InChI=1S/C7H11N3O/c1-10-4-8-9-7(10)5-2-6(11)3-5/h4-6,11H,2-3H2,1H3. The molecule has 1 saturated carbocycles. The van der Waals surface area contributed by atoms with Crippen molar-refractivity contribution < 1.29 is 5.11 Å². The Bertz CT molecular complexity index is 252. The summed E-state index contributed by atoms with van der Waals surface area (Å²) in [6, 6.07) is 0. The van der Waals surface area contributed by atoms with Crippen LogP contribution >= 0.6 is 0 Å². The molecule has 0 saturated heterocycles. The Hall–Kier alpha value is -0.900. The van der Waals surface area contributed by atoms with Gasteiger partial charge in [-0.1, -0.05) is 0 Å². The van der Waals surface area contributed by atoms with E-state index in [1.54, 1.807) is 6.33 Å². The highest BCUT2D eigenvalue weighted by atomic mass is 16.3. The maximum absolute atomic E-state index is 9.05. The molecule has 1 aliphatic carbocycles. The van der Waals surface area contributed by atoms with Crippen LogP contribution in [0.4, 0.5) is 0 Å². The summed E-state index contributed by atoms with van der Waals surface area (Å²) in [6.45, 7) is 0. The highest BCUT2D eigenvalue weighted by molar-refractivity contribution is 5.03. The number of hydrogen-bond acceptors (Lipinski definition) is 3. The number of aliphatic hydroxyl groups is 1. The Morgan fingerprint density at radius 3 is 2.82 bits per heavy atom. The fourth-order valence-electron chi connectivity index (χ4n) is 1.46. The molecule has 1 aliphatic rings. The highest BCUT2D eigenvalue weighted by Crippen LogP contribution is 2.34. The molecule has 0 spiro atoms. The molecule has 0 bridgehead atoms. The van der Waals surface area contributed by atoms with Crippen molar-refractivity contribution in [2.75, 3.05) is 0 Å². The average molecular weight is 153 g/mol. The molecule has 2 rings (SSSR count). The monoisotopic (exact) mass is 153 g/mol. The summed E-state index contributed by atoms with van der Waals surface area (Å²) in [5.74, 6) is 1.42. The van der Waals surface area contributed by atoms with Crippen LogP contribution in [0.25, 0.3) is 0 Å². The molecular formula is C7H11N3O. The SMILES string of the molecule is Cn1cnnc1C1CC(O)C1. The lowest BCUT2D eigenvalue weighted by Crippen LogP contribution is -2.28. The number of hydrogen-bond donors (Lipinski definition) is 1. The topological polar surface area (TPSA) is 50.9 Å². The Morgan fingerprint density at radius 1 is 1.64 bits per heavy atom. The van der Waals surface area contributed by atoms with E-state index in [0.29, 0.717) is 5.92 Å². The van der Waals surface area contributed by atoms with Crippen molar-refractivity contribution in [3.63, 3.8) is 0 Å². The lowest BCUT2D eigenvalue weighted by molar-refractivity contribution is 0.0706. The summed E-state index contributed by atoms with van der Waals surface area (Å²) in [7, 11) is 1.93. The Kier molecular flexibility index (Phi) is 1.42. The normalized spacial score (nSPS) is 30.0. The first-order chi connectivity index (χ1) is 5.27. The second kappa shape index (κ2) is 2.30. The van der Waals surface area contributed by atoms with Gasteiger partial charge in [-0.2, -0.15) is 0 Å². The first-order valence-corrected chi connectivity index (χ1v) is 3.79. The van der Waals surface area contributed by atoms with Crippen LogP contribution in [0.2, 0.25) is 0 Å². The van der Waals surface area contributed by atoms with E-state index in [1.165, 1.54) is 0 Å². The summed E-state index contributed by atoms with van der Waals surface area (Å²) in [5, 5.41) is 16.8. The molecule has 1 aromatic rings. The molecule has 0 amide bonds. The van der Waals surface area contributed by atoms with Crippen LogP contribution in [0.5, 0.6) is 0 Å². The van der Waals surface area contributed by atoms with E-state index < -0.39 is 0 Å². The predicted molar refractivity (Wildman–Crippen MR) is 39.0 cm³/mol. The number of aryl methyl sites for hydroxylation is 1. The van der Waals surface area contributed by atoms with Crippen LogP contribution in [-0.4, -0.2) is 26.0 Å². The van der Waals surface area contributed by atoms with Gasteiger partial charge in [-0.25, -0.2) is 0 Å². The minimum atomic E-state index is -0.114. The molecule has 0 radical (unpaired) electrons. The van der Waals surface area contributed by atoms with E-state index in [4.69, 9.17) is 5.11 Å². The number of aliphatic hydroxyl groups excluding tert-OH is 1. The van der Waals surface area contributed by atoms with Crippen LogP contribution in [-0.2, 0) is 7.05 Å². The molecule has 1 heterocycles. The lowest BCUT2D eigenvalue weighted by Gasteiger charge is -2.29. The van der Waals surface area contributed by atoms with Crippen LogP contribution in [0.1, 0.15) is 24.6 Å². The minimum absolute atomic E-state index is 0.114. The van der Waals surface area contributed by atoms with Crippen LogP contribution in [0.15, 0.2) is 6.33 Å². The summed E-state index contributed by atoms with van der Waals surface area (Å²) in [5.41, 5.74) is 0. The first-order valence-electron chi connectivity index (χ1n) is 3.79. The van der Waals surface area contributed by atoms with E-state index >= 15 is 0 Å². The summed E-state index contributed by atoms with van der Waals surface area (Å²) >= 11 is 0. The quantitative estimate of drug-likeness (QED) is 0.620. The fourth-order valence-corrected chi connectivity index (χ4v) is 1.46. The van der Waals surface area contributed by atoms with Gasteiger partial charge in [0.05, 0.1) is 6.10 Å². The van der Waals surface area contributed by atoms with Crippen molar-refractivity contribution in [2.24, 2.45) is 7.05 Å². The molecule has 1 aromatic heterocycles. The van der Waals surface area contributed by atoms with Gasteiger partial charge in [-0.15, -0.1) is 10.2 Å². The second-order valence-corrected chi connectivity index (χ2v) is 3.12. The van der Waals surface area contributed by atoms with Gasteiger partial charge in [0.2, 0.25) is 0 Å². The van der Waals surface area contributed by atoms with Crippen molar-refractivity contribution in [2.45, 2.75) is 24.9 Å². The number of nitrogens with zero attached hydrogens (tertiary/aromatic N) is 3. The largest absolute Gasteiger partial charge is 0.393 e. The van der Waals surface area contributed by atoms with Gasteiger partial charge in [0.1, 0.15) is 12.2 Å². The third-order valence-electron chi connectivity index (χ3n) is 2.22. The van der Waals surface area contributed by atoms with E-state index in [2.05, 4.69) is 10.2 Å². The van der Waals surface area contributed by atoms with E-state index in [0.717, 1.165) is 18.7 Å². The zero-order chi connectivity index (χ0) is 7.84. The maximum atomic E-state index is 9.05. The van der Waals surface area contributed by atoms with Gasteiger partial charge in [0.15, 0.2) is 0 Å². The Morgan fingerprint density at radius 2 is 2.36 bits per heavy atom. The number of rotatable bonds is 1. The van der Waals surface area contributed by atoms with E-state index in [9.17, 15) is 0 Å². The van der Waals surface area contributed by atoms with Gasteiger partial charge in [0, 0.05) is 13.0 Å². The maximum Gasteiger partial charge on any atom is 0.135 e. The third kappa shape index (κ3) is 1.03. The molecule has 0 aliphatic heterocycles. The molecule has 1 N–H and O–H groups in total. The Balaban J connectivity index is 2.12. The van der Waals surface area contributed by atoms with Crippen LogP contribution < -0.4 is 0 Å². The zero-order valence-corrected chi connectivity index (χ0v) is 6.44. The molecule has 4 heteroatoms. The second-order valence-electron chi connectivity index (χ2n) is 3.12. The summed E-state index contributed by atoms with van der Waals surface area (Å²) in [4.78, 5) is 0. The molecule has 0 aromatic carbocycles. The van der Waals surface area contributed by atoms with Crippen LogP contribution in [0.3, 0.4) is 0 Å². The van der Waals surface area contributed by atoms with Crippen molar-refractivity contribution in [3.8, 4) is 0 Å². The zero-order valence-electron chi connectivity index (χ0n) is 6.44. The molecule has 0 atom stereocenters. The summed E-state index contributed by atoms with van der Waals surface area (Å²) in [6.07, 6.45) is 3.26. The van der Waals surface area contributed by atoms with Gasteiger partial charge in [-0.05, 0) is 12.8 Å². The van der Waals surface area contributed by atoms with E-state index in [-0.39, 0.29) is 6.10 Å². The highest BCUT2D eigenvalue weighted by Gasteiger charge is 2.31. The van der Waals surface area contributed by atoms with Gasteiger partial charge in [0.25, 0.3) is 0 Å². The average Bonchev–Trinajstić information content (AvgIpc) is 2.29. The molecule has 0 unspecified atom stereocenters. The molecular weight excluding hydrogens is 142 g/mol. The molecule has 1 fully saturated rings. The third-order valence-corrected chi connectivity index (χ3v) is 2.22. The lowest BCUT2D eigenvalue weighted by atomic mass is 9.82. The molecule has 4 nitrogen and oxygen atoms in total. The predicted octanol–water partition coefficient (Wildman–Crippen LogP) is 0.0534. The van der Waals surface area contributed by atoms with Crippen molar-refractivity contribution >= 4 is 0 Å². The van der Waals surface area contributed by atoms with E-state index in [1.807, 2.05) is 11.6 Å². The minimum Gasteiger partial charge on any atom is -0.393 e. The molecule has 11 heavy (non-hydrogen) atoms. The first kappa shape index (κ1) is 6.79. The van der Waals surface area contributed by atoms with Gasteiger partial charge >= 0.3 is 0 Å². The van der Waals surface area contributed by atoms with Gasteiger partial charge in [-0.3, -0.25) is 0 Å². The van der Waals surface area contributed by atoms with Crippen LogP contribution in [0, 0.1) is 0 Å². The van der Waals surface area contributed by atoms with Crippen molar-refractivity contribution in [1.29, 1.82) is 0 Å².